The van der Waals surface area contributed by atoms with Crippen molar-refractivity contribution in [1.82, 2.24) is 14.1 Å². The predicted molar refractivity (Wildman–Crippen MR) is 126 cm³/mol. The SMILES string of the molecule is CC(C)c1ccc(CN(C2CC2)S(=O)(=O)c2ccc(-n3ncc(Cl)c(Cl)c3=O)cc2)cc1. The van der Waals surface area contributed by atoms with E-state index >= 15 is 0 Å². The molecule has 0 amide bonds. The smallest absolute Gasteiger partial charge is 0.266 e. The number of sulfonamides is 1. The zero-order chi connectivity index (χ0) is 23.0. The molecule has 0 unspecified atom stereocenters. The van der Waals surface area contributed by atoms with Crippen molar-refractivity contribution >= 4 is 33.2 Å². The van der Waals surface area contributed by atoms with E-state index in [1.54, 1.807) is 4.31 Å². The van der Waals surface area contributed by atoms with Gasteiger partial charge in [-0.25, -0.2) is 8.42 Å². The van der Waals surface area contributed by atoms with Gasteiger partial charge < -0.3 is 0 Å². The third-order valence-corrected chi connectivity index (χ3v) is 8.16. The van der Waals surface area contributed by atoms with Crippen LogP contribution in [0.25, 0.3) is 5.69 Å². The van der Waals surface area contributed by atoms with E-state index in [0.717, 1.165) is 23.1 Å². The number of nitrogens with zero attached hydrogens (tertiary/aromatic N) is 3. The Morgan fingerprint density at radius 1 is 1.06 bits per heavy atom. The fourth-order valence-electron chi connectivity index (χ4n) is 3.45. The lowest BCUT2D eigenvalue weighted by molar-refractivity contribution is 0.398. The number of aromatic nitrogens is 2. The molecule has 1 aromatic heterocycles. The Bertz CT molecular complexity index is 1280. The molecule has 0 radical (unpaired) electrons. The molecule has 6 nitrogen and oxygen atoms in total. The summed E-state index contributed by atoms with van der Waals surface area (Å²) in [7, 11) is -3.71. The standard InChI is InChI=1S/C23H23Cl2N3O3S/c1-15(2)17-5-3-16(4-6-17)14-27(18-7-8-18)32(30,31)20-11-9-19(10-12-20)28-23(29)22(25)21(24)13-26-28/h3-6,9-13,15,18H,7-8,14H2,1-2H3. The number of hydrogen-bond acceptors (Lipinski definition) is 4. The lowest BCUT2D eigenvalue weighted by atomic mass is 10.0. The topological polar surface area (TPSA) is 72.3 Å². The Kier molecular flexibility index (Phi) is 6.45. The van der Waals surface area contributed by atoms with Crippen LogP contribution in [0.4, 0.5) is 0 Å². The van der Waals surface area contributed by atoms with Crippen molar-refractivity contribution in [3.8, 4) is 5.69 Å². The van der Waals surface area contributed by atoms with Gasteiger partial charge in [0.1, 0.15) is 5.02 Å². The molecule has 1 fully saturated rings. The average Bonchev–Trinajstić information content (AvgIpc) is 3.61. The van der Waals surface area contributed by atoms with E-state index in [9.17, 15) is 13.2 Å². The van der Waals surface area contributed by atoms with Crippen molar-refractivity contribution in [3.63, 3.8) is 0 Å². The van der Waals surface area contributed by atoms with Crippen LogP contribution in [0, 0.1) is 0 Å². The van der Waals surface area contributed by atoms with Crippen molar-refractivity contribution in [2.24, 2.45) is 0 Å². The molecule has 32 heavy (non-hydrogen) atoms. The summed E-state index contributed by atoms with van der Waals surface area (Å²) in [5, 5.41) is 3.90. The molecule has 3 aromatic rings. The van der Waals surface area contributed by atoms with Crippen LogP contribution in [0.5, 0.6) is 0 Å². The monoisotopic (exact) mass is 491 g/mol. The quantitative estimate of drug-likeness (QED) is 0.465. The van der Waals surface area contributed by atoms with Crippen molar-refractivity contribution in [1.29, 1.82) is 0 Å². The summed E-state index contributed by atoms with van der Waals surface area (Å²) < 4.78 is 29.5. The maximum atomic E-state index is 13.4. The number of rotatable bonds is 7. The highest BCUT2D eigenvalue weighted by molar-refractivity contribution is 7.89. The summed E-state index contributed by atoms with van der Waals surface area (Å²) in [6, 6.07) is 14.1. The van der Waals surface area contributed by atoms with Crippen molar-refractivity contribution in [2.45, 2.75) is 50.1 Å². The minimum Gasteiger partial charge on any atom is -0.266 e. The van der Waals surface area contributed by atoms with Gasteiger partial charge in [-0.3, -0.25) is 4.79 Å². The van der Waals surface area contributed by atoms with E-state index < -0.39 is 15.6 Å². The first-order chi connectivity index (χ1) is 15.2. The van der Waals surface area contributed by atoms with Gasteiger partial charge in [-0.2, -0.15) is 14.1 Å². The van der Waals surface area contributed by atoms with Gasteiger partial charge in [0.2, 0.25) is 10.0 Å². The molecule has 1 aliphatic rings. The maximum absolute atomic E-state index is 13.4. The highest BCUT2D eigenvalue weighted by Crippen LogP contribution is 2.34. The predicted octanol–water partition coefficient (Wildman–Crippen LogP) is 5.02. The normalized spacial score (nSPS) is 14.3. The van der Waals surface area contributed by atoms with E-state index in [-0.39, 0.29) is 21.0 Å². The van der Waals surface area contributed by atoms with E-state index in [4.69, 9.17) is 23.2 Å². The Morgan fingerprint density at radius 3 is 2.25 bits per heavy atom. The average molecular weight is 492 g/mol. The molecule has 1 heterocycles. The van der Waals surface area contributed by atoms with Crippen molar-refractivity contribution < 1.29 is 8.42 Å². The molecule has 0 saturated heterocycles. The first-order valence-electron chi connectivity index (χ1n) is 10.3. The lowest BCUT2D eigenvalue weighted by Gasteiger charge is -2.22. The van der Waals surface area contributed by atoms with E-state index in [0.29, 0.717) is 18.2 Å². The third kappa shape index (κ3) is 4.62. The van der Waals surface area contributed by atoms with Crippen LogP contribution in [0.1, 0.15) is 43.7 Å². The molecule has 0 bridgehead atoms. The van der Waals surface area contributed by atoms with Crippen LogP contribution in [-0.2, 0) is 16.6 Å². The molecule has 4 rings (SSSR count). The molecule has 0 spiro atoms. The summed E-state index contributed by atoms with van der Waals surface area (Å²) >= 11 is 11.7. The molecular formula is C23H23Cl2N3O3S. The minimum absolute atomic E-state index is 0.00353. The summed E-state index contributed by atoms with van der Waals surface area (Å²) in [6.45, 7) is 4.57. The van der Waals surface area contributed by atoms with Crippen LogP contribution in [-0.4, -0.2) is 28.5 Å². The largest absolute Gasteiger partial charge is 0.291 e. The van der Waals surface area contributed by atoms with Crippen LogP contribution < -0.4 is 5.56 Å². The third-order valence-electron chi connectivity index (χ3n) is 5.50. The van der Waals surface area contributed by atoms with E-state index in [1.807, 2.05) is 12.1 Å². The molecule has 1 saturated carbocycles. The minimum atomic E-state index is -3.71. The molecule has 9 heteroatoms. The van der Waals surface area contributed by atoms with Gasteiger partial charge in [-0.15, -0.1) is 0 Å². The molecule has 0 N–H and O–H groups in total. The summed E-state index contributed by atoms with van der Waals surface area (Å²) in [6.07, 6.45) is 2.98. The van der Waals surface area contributed by atoms with E-state index in [1.165, 1.54) is 36.0 Å². The Balaban J connectivity index is 1.61. The van der Waals surface area contributed by atoms with Crippen LogP contribution >= 0.6 is 23.2 Å². The zero-order valence-corrected chi connectivity index (χ0v) is 20.0. The summed E-state index contributed by atoms with van der Waals surface area (Å²) in [5.74, 6) is 0.420. The van der Waals surface area contributed by atoms with Gasteiger partial charge in [0, 0.05) is 12.6 Å². The van der Waals surface area contributed by atoms with Gasteiger partial charge in [0.25, 0.3) is 5.56 Å². The van der Waals surface area contributed by atoms with Crippen LogP contribution in [0.2, 0.25) is 10.0 Å². The second kappa shape index (κ2) is 8.98. The van der Waals surface area contributed by atoms with Gasteiger partial charge in [0.15, 0.2) is 0 Å². The second-order valence-electron chi connectivity index (χ2n) is 8.20. The van der Waals surface area contributed by atoms with Gasteiger partial charge >= 0.3 is 0 Å². The molecule has 168 valence electrons. The molecular weight excluding hydrogens is 469 g/mol. The molecule has 1 aliphatic carbocycles. The second-order valence-corrected chi connectivity index (χ2v) is 10.9. The van der Waals surface area contributed by atoms with Gasteiger partial charge in [-0.05, 0) is 54.2 Å². The number of benzene rings is 2. The first kappa shape index (κ1) is 23.0. The Morgan fingerprint density at radius 2 is 1.69 bits per heavy atom. The number of halogens is 2. The highest BCUT2D eigenvalue weighted by atomic mass is 35.5. The highest BCUT2D eigenvalue weighted by Gasteiger charge is 2.38. The number of hydrogen-bond donors (Lipinski definition) is 0. The van der Waals surface area contributed by atoms with Crippen molar-refractivity contribution in [2.75, 3.05) is 0 Å². The van der Waals surface area contributed by atoms with Gasteiger partial charge in [0.05, 0.1) is 21.8 Å². The molecule has 0 aliphatic heterocycles. The maximum Gasteiger partial charge on any atom is 0.291 e. The summed E-state index contributed by atoms with van der Waals surface area (Å²) in [4.78, 5) is 12.5. The Labute approximate surface area is 197 Å². The summed E-state index contributed by atoms with van der Waals surface area (Å²) in [5.41, 5.74) is 2.00. The van der Waals surface area contributed by atoms with Crippen molar-refractivity contribution in [3.05, 3.63) is 86.3 Å². The van der Waals surface area contributed by atoms with Crippen LogP contribution in [0.15, 0.2) is 64.4 Å². The lowest BCUT2D eigenvalue weighted by Crippen LogP contribution is -2.32. The Hall–Kier alpha value is -2.19. The van der Waals surface area contributed by atoms with E-state index in [2.05, 4.69) is 31.1 Å². The fraction of sp³-hybridized carbons (Fsp3) is 0.304. The van der Waals surface area contributed by atoms with Gasteiger partial charge in [-0.1, -0.05) is 61.3 Å². The zero-order valence-electron chi connectivity index (χ0n) is 17.7. The molecule has 2 aromatic carbocycles. The first-order valence-corrected chi connectivity index (χ1v) is 12.5. The van der Waals surface area contributed by atoms with Crippen LogP contribution in [0.3, 0.4) is 0 Å². The molecule has 0 atom stereocenters. The fourth-order valence-corrected chi connectivity index (χ4v) is 5.38.